The van der Waals surface area contributed by atoms with Gasteiger partial charge in [-0.25, -0.2) is 4.79 Å². The van der Waals surface area contributed by atoms with Crippen molar-refractivity contribution < 1.29 is 27.9 Å². The van der Waals surface area contributed by atoms with Crippen LogP contribution in [-0.2, 0) is 16.1 Å². The van der Waals surface area contributed by atoms with Gasteiger partial charge in [0.1, 0.15) is 0 Å². The number of halogens is 3. The number of rotatable bonds is 3. The third kappa shape index (κ3) is 4.50. The summed E-state index contributed by atoms with van der Waals surface area (Å²) < 4.78 is 31.7. The Morgan fingerprint density at radius 1 is 1.29 bits per heavy atom. The number of anilines is 1. The molecule has 2 aromatic heterocycles. The summed E-state index contributed by atoms with van der Waals surface area (Å²) in [5.41, 5.74) is 2.15. The van der Waals surface area contributed by atoms with Crippen molar-refractivity contribution in [1.29, 1.82) is 0 Å². The molecule has 2 unspecified atom stereocenters. The number of carbonyl (C=O) groups is 2. The molecule has 0 bridgehead atoms. The Morgan fingerprint density at radius 3 is 2.61 bits per heavy atom. The molecule has 1 amide bonds. The number of nitrogens with zero attached hydrogens (tertiary/aromatic N) is 3. The second kappa shape index (κ2) is 8.27. The minimum atomic E-state index is -5.08. The highest BCUT2D eigenvalue weighted by molar-refractivity contribution is 7.08. The molecule has 0 radical (unpaired) electrons. The van der Waals surface area contributed by atoms with Crippen LogP contribution in [0.15, 0.2) is 41.2 Å². The van der Waals surface area contributed by atoms with Crippen molar-refractivity contribution in [3.63, 3.8) is 0 Å². The molecule has 2 aromatic rings. The molecule has 2 aliphatic rings. The first-order chi connectivity index (χ1) is 13.3. The van der Waals surface area contributed by atoms with Crippen LogP contribution in [0.2, 0.25) is 0 Å². The molecule has 2 fully saturated rings. The Hall–Kier alpha value is -2.46. The van der Waals surface area contributed by atoms with Gasteiger partial charge in [-0.05, 0) is 30.0 Å². The predicted molar refractivity (Wildman–Crippen MR) is 97.0 cm³/mol. The summed E-state index contributed by atoms with van der Waals surface area (Å²) in [5.74, 6) is -2.50. The predicted octanol–water partition coefficient (Wildman–Crippen LogP) is 3.16. The highest BCUT2D eigenvalue weighted by Crippen LogP contribution is 2.37. The number of likely N-dealkylation sites (tertiary alicyclic amines) is 1. The summed E-state index contributed by atoms with van der Waals surface area (Å²) in [5, 5.41) is 11.2. The Morgan fingerprint density at radius 2 is 2.04 bits per heavy atom. The van der Waals surface area contributed by atoms with E-state index in [2.05, 4.69) is 21.3 Å². The van der Waals surface area contributed by atoms with E-state index in [0.717, 1.165) is 30.9 Å². The Balaban J connectivity index is 0.000000279. The number of thiophene rings is 1. The lowest BCUT2D eigenvalue weighted by molar-refractivity contribution is -0.192. The molecule has 0 saturated carbocycles. The second-order valence-electron chi connectivity index (χ2n) is 6.47. The fourth-order valence-corrected chi connectivity index (χ4v) is 4.18. The van der Waals surface area contributed by atoms with E-state index in [4.69, 9.17) is 9.90 Å². The molecular formula is C18H18F3N3O3S. The molecule has 0 aliphatic carbocycles. The van der Waals surface area contributed by atoms with E-state index in [1.54, 1.807) is 11.3 Å². The number of carbonyl (C=O) groups excluding carboxylic acids is 1. The summed E-state index contributed by atoms with van der Waals surface area (Å²) in [6.07, 6.45) is -1.56. The minimum Gasteiger partial charge on any atom is -0.475 e. The largest absolute Gasteiger partial charge is 0.490 e. The Labute approximate surface area is 163 Å². The van der Waals surface area contributed by atoms with Crippen LogP contribution in [0.1, 0.15) is 18.5 Å². The van der Waals surface area contributed by atoms with E-state index in [1.165, 1.54) is 0 Å². The third-order valence-corrected chi connectivity index (χ3v) is 5.40. The van der Waals surface area contributed by atoms with Gasteiger partial charge in [0.05, 0.1) is 17.4 Å². The third-order valence-electron chi connectivity index (χ3n) is 4.73. The lowest BCUT2D eigenvalue weighted by atomic mass is 10.1. The molecule has 150 valence electrons. The molecule has 6 nitrogen and oxygen atoms in total. The van der Waals surface area contributed by atoms with Gasteiger partial charge < -0.3 is 10.0 Å². The van der Waals surface area contributed by atoms with Gasteiger partial charge in [0.25, 0.3) is 0 Å². The number of pyridine rings is 1. The minimum absolute atomic E-state index is 0.258. The second-order valence-corrected chi connectivity index (χ2v) is 7.25. The van der Waals surface area contributed by atoms with Crippen molar-refractivity contribution in [3.8, 4) is 0 Å². The maximum atomic E-state index is 12.4. The first-order valence-electron chi connectivity index (χ1n) is 8.55. The van der Waals surface area contributed by atoms with E-state index in [-0.39, 0.29) is 5.91 Å². The van der Waals surface area contributed by atoms with Gasteiger partial charge in [0, 0.05) is 37.1 Å². The smallest absolute Gasteiger partial charge is 0.475 e. The Kier molecular flexibility index (Phi) is 5.99. The zero-order valence-electron chi connectivity index (χ0n) is 14.7. The number of amides is 1. The maximum absolute atomic E-state index is 12.4. The van der Waals surface area contributed by atoms with E-state index < -0.39 is 12.1 Å². The van der Waals surface area contributed by atoms with Gasteiger partial charge in [-0.3, -0.25) is 14.7 Å². The number of hydrogen-bond acceptors (Lipinski definition) is 5. The van der Waals surface area contributed by atoms with Crippen LogP contribution in [0.5, 0.6) is 0 Å². The monoisotopic (exact) mass is 413 g/mol. The van der Waals surface area contributed by atoms with Gasteiger partial charge in [-0.2, -0.15) is 24.5 Å². The summed E-state index contributed by atoms with van der Waals surface area (Å²) in [4.78, 5) is 30.1. The fourth-order valence-electron chi connectivity index (χ4n) is 3.55. The summed E-state index contributed by atoms with van der Waals surface area (Å²) >= 11 is 1.65. The van der Waals surface area contributed by atoms with Crippen LogP contribution in [-0.4, -0.2) is 51.7 Å². The van der Waals surface area contributed by atoms with Crippen molar-refractivity contribution in [2.45, 2.75) is 37.6 Å². The first-order valence-corrected chi connectivity index (χ1v) is 9.50. The van der Waals surface area contributed by atoms with Crippen LogP contribution in [0.25, 0.3) is 0 Å². The lowest BCUT2D eigenvalue weighted by Gasteiger charge is -2.24. The molecule has 2 saturated heterocycles. The van der Waals surface area contributed by atoms with Gasteiger partial charge >= 0.3 is 12.1 Å². The molecule has 0 spiro atoms. The van der Waals surface area contributed by atoms with Gasteiger partial charge in [0.2, 0.25) is 5.91 Å². The molecular weight excluding hydrogens is 395 g/mol. The normalized spacial score (nSPS) is 22.0. The lowest BCUT2D eigenvalue weighted by Crippen LogP contribution is -2.37. The SMILES string of the molecule is O=C(O)C(F)(F)F.O=C1CC2C(CCN2Cc2ccccn2)N1c1ccsc1. The average molecular weight is 413 g/mol. The van der Waals surface area contributed by atoms with Crippen LogP contribution in [0.3, 0.4) is 0 Å². The van der Waals surface area contributed by atoms with Gasteiger partial charge in [-0.15, -0.1) is 0 Å². The number of carboxylic acids is 1. The van der Waals surface area contributed by atoms with Crippen LogP contribution < -0.4 is 4.90 Å². The number of hydrogen-bond donors (Lipinski definition) is 1. The van der Waals surface area contributed by atoms with E-state index in [9.17, 15) is 18.0 Å². The van der Waals surface area contributed by atoms with Crippen molar-refractivity contribution in [3.05, 3.63) is 46.9 Å². The van der Waals surface area contributed by atoms with Gasteiger partial charge in [-0.1, -0.05) is 6.07 Å². The number of alkyl halides is 3. The highest BCUT2D eigenvalue weighted by atomic mass is 32.1. The quantitative estimate of drug-likeness (QED) is 0.837. The fraction of sp³-hybridized carbons (Fsp3) is 0.389. The zero-order valence-corrected chi connectivity index (χ0v) is 15.5. The average Bonchev–Trinajstić information content (AvgIpc) is 3.34. The van der Waals surface area contributed by atoms with Crippen molar-refractivity contribution in [2.75, 3.05) is 11.4 Å². The first kappa shape index (κ1) is 20.3. The van der Waals surface area contributed by atoms with Crippen LogP contribution in [0.4, 0.5) is 18.9 Å². The molecule has 10 heteroatoms. The number of carboxylic acid groups (broad SMARTS) is 1. The number of fused-ring (bicyclic) bond motifs is 1. The number of aromatic nitrogens is 1. The van der Waals surface area contributed by atoms with Crippen molar-refractivity contribution >= 4 is 28.9 Å². The summed E-state index contributed by atoms with van der Waals surface area (Å²) in [7, 11) is 0. The van der Waals surface area contributed by atoms with Crippen LogP contribution in [0, 0.1) is 0 Å². The molecule has 4 heterocycles. The van der Waals surface area contributed by atoms with E-state index >= 15 is 0 Å². The topological polar surface area (TPSA) is 73.7 Å². The summed E-state index contributed by atoms with van der Waals surface area (Å²) in [6, 6.07) is 8.73. The van der Waals surface area contributed by atoms with Crippen LogP contribution >= 0.6 is 11.3 Å². The van der Waals surface area contributed by atoms with Crippen molar-refractivity contribution in [2.24, 2.45) is 0 Å². The highest BCUT2D eigenvalue weighted by Gasteiger charge is 2.47. The number of aliphatic carboxylic acids is 1. The Bertz CT molecular complexity index is 814. The van der Waals surface area contributed by atoms with Crippen molar-refractivity contribution in [1.82, 2.24) is 9.88 Å². The van der Waals surface area contributed by atoms with E-state index in [0.29, 0.717) is 18.5 Å². The molecule has 2 aliphatic heterocycles. The molecule has 1 N–H and O–H groups in total. The molecule has 28 heavy (non-hydrogen) atoms. The van der Waals surface area contributed by atoms with Gasteiger partial charge in [0.15, 0.2) is 0 Å². The maximum Gasteiger partial charge on any atom is 0.490 e. The summed E-state index contributed by atoms with van der Waals surface area (Å²) in [6.45, 7) is 1.88. The molecule has 4 rings (SSSR count). The van der Waals surface area contributed by atoms with E-state index in [1.807, 2.05) is 34.7 Å². The molecule has 2 atom stereocenters. The standard InChI is InChI=1S/C16H17N3OS.C2HF3O2/c20-16-9-15-14(19(16)13-5-8-21-11-13)4-7-18(15)10-12-3-1-2-6-17-12;3-2(4,5)1(6)7/h1-3,5-6,8,11,14-15H,4,7,9-10H2;(H,6,7). The molecule has 0 aromatic carbocycles. The zero-order chi connectivity index (χ0) is 20.3.